The fourth-order valence-electron chi connectivity index (χ4n) is 1.82. The molecule has 1 aromatic rings. The molecule has 1 rings (SSSR count). The highest BCUT2D eigenvalue weighted by atomic mass is 79.9. The lowest BCUT2D eigenvalue weighted by Crippen LogP contribution is -2.31. The number of halogens is 5. The molecule has 1 aromatic carbocycles. The number of ketones is 1. The van der Waals surface area contributed by atoms with Crippen LogP contribution in [-0.2, 0) is 10.2 Å². The van der Waals surface area contributed by atoms with Gasteiger partial charge in [-0.3, -0.25) is 4.79 Å². The summed E-state index contributed by atoms with van der Waals surface area (Å²) < 4.78 is 55.6. The quantitative estimate of drug-likeness (QED) is 0.747. The van der Waals surface area contributed by atoms with E-state index in [0.29, 0.717) is 5.56 Å². The van der Waals surface area contributed by atoms with E-state index in [0.717, 1.165) is 6.07 Å². The van der Waals surface area contributed by atoms with Gasteiger partial charge in [0.2, 0.25) is 5.78 Å². The Morgan fingerprint density at radius 2 is 1.85 bits per heavy atom. The van der Waals surface area contributed by atoms with Crippen molar-refractivity contribution in [2.75, 3.05) is 7.11 Å². The number of ether oxygens (including phenoxy) is 1. The second-order valence-electron chi connectivity index (χ2n) is 4.95. The van der Waals surface area contributed by atoms with Crippen LogP contribution in [0.1, 0.15) is 25.8 Å². The van der Waals surface area contributed by atoms with E-state index in [4.69, 9.17) is 4.74 Å². The number of benzene rings is 1. The molecule has 0 aromatic heterocycles. The standard InChI is InChI=1S/C13H13BrF4O2/c1-12(2,6-11(19)13(16,17)18)7-4-8(14)9(15)5-10(7)20-3/h4-5H,6H2,1-3H3. The van der Waals surface area contributed by atoms with Crippen molar-refractivity contribution in [1.82, 2.24) is 0 Å². The number of Topliss-reactive ketones (excluding diaryl/α,β-unsaturated/α-hetero) is 1. The van der Waals surface area contributed by atoms with Crippen molar-refractivity contribution >= 4 is 21.7 Å². The van der Waals surface area contributed by atoms with Crippen molar-refractivity contribution in [2.45, 2.75) is 31.9 Å². The van der Waals surface area contributed by atoms with Crippen molar-refractivity contribution in [2.24, 2.45) is 0 Å². The highest BCUT2D eigenvalue weighted by Crippen LogP contribution is 2.39. The zero-order valence-electron chi connectivity index (χ0n) is 11.1. The van der Waals surface area contributed by atoms with Gasteiger partial charge in [0.05, 0.1) is 11.6 Å². The molecule has 0 aliphatic rings. The molecule has 0 fully saturated rings. The molecule has 0 aliphatic carbocycles. The first-order valence-corrected chi connectivity index (χ1v) is 6.42. The SMILES string of the molecule is COc1cc(F)c(Br)cc1C(C)(C)CC(=O)C(F)(F)F. The second kappa shape index (κ2) is 5.71. The molecule has 0 radical (unpaired) electrons. The summed E-state index contributed by atoms with van der Waals surface area (Å²) in [5.74, 6) is -2.32. The average Bonchev–Trinajstić information content (AvgIpc) is 2.30. The number of methoxy groups -OCH3 is 1. The molecule has 0 spiro atoms. The van der Waals surface area contributed by atoms with E-state index in [1.165, 1.54) is 27.0 Å². The Labute approximate surface area is 122 Å². The molecular formula is C13H13BrF4O2. The lowest BCUT2D eigenvalue weighted by Gasteiger charge is -2.27. The van der Waals surface area contributed by atoms with Crippen molar-refractivity contribution in [1.29, 1.82) is 0 Å². The molecule has 7 heteroatoms. The van der Waals surface area contributed by atoms with Gasteiger partial charge in [0.25, 0.3) is 0 Å². The Kier molecular flexibility index (Phi) is 4.84. The summed E-state index contributed by atoms with van der Waals surface area (Å²) in [6.07, 6.45) is -5.63. The average molecular weight is 357 g/mol. The lowest BCUT2D eigenvalue weighted by molar-refractivity contribution is -0.172. The molecule has 0 amide bonds. The Hall–Kier alpha value is -1.11. The van der Waals surface area contributed by atoms with Crippen LogP contribution in [-0.4, -0.2) is 19.1 Å². The van der Waals surface area contributed by atoms with Crippen molar-refractivity contribution in [3.8, 4) is 5.75 Å². The highest BCUT2D eigenvalue weighted by molar-refractivity contribution is 9.10. The third-order valence-electron chi connectivity index (χ3n) is 2.89. The van der Waals surface area contributed by atoms with Crippen LogP contribution in [0, 0.1) is 5.82 Å². The summed E-state index contributed by atoms with van der Waals surface area (Å²) in [6.45, 7) is 2.94. The minimum absolute atomic E-state index is 0.0980. The van der Waals surface area contributed by atoms with Crippen LogP contribution in [0.25, 0.3) is 0 Å². The highest BCUT2D eigenvalue weighted by Gasteiger charge is 2.42. The molecule has 2 nitrogen and oxygen atoms in total. The number of rotatable bonds is 4. The summed E-state index contributed by atoms with van der Waals surface area (Å²) in [7, 11) is 1.29. The van der Waals surface area contributed by atoms with E-state index in [1.807, 2.05) is 0 Å². The van der Waals surface area contributed by atoms with Crippen LogP contribution in [0.3, 0.4) is 0 Å². The van der Waals surface area contributed by atoms with Crippen molar-refractivity contribution in [3.63, 3.8) is 0 Å². The van der Waals surface area contributed by atoms with Gasteiger partial charge in [-0.25, -0.2) is 4.39 Å². The maximum absolute atomic E-state index is 13.4. The smallest absolute Gasteiger partial charge is 0.450 e. The topological polar surface area (TPSA) is 26.3 Å². The lowest BCUT2D eigenvalue weighted by atomic mass is 9.79. The first-order valence-electron chi connectivity index (χ1n) is 5.62. The van der Waals surface area contributed by atoms with E-state index in [2.05, 4.69) is 15.9 Å². The molecule has 20 heavy (non-hydrogen) atoms. The first kappa shape index (κ1) is 16.9. The van der Waals surface area contributed by atoms with Crippen molar-refractivity contribution in [3.05, 3.63) is 28.0 Å². The van der Waals surface area contributed by atoms with Crippen LogP contribution >= 0.6 is 15.9 Å². The molecular weight excluding hydrogens is 344 g/mol. The molecule has 0 aliphatic heterocycles. The zero-order chi connectivity index (χ0) is 15.7. The Morgan fingerprint density at radius 1 is 1.30 bits per heavy atom. The summed E-state index contributed by atoms with van der Waals surface area (Å²) in [5.41, 5.74) is -0.820. The van der Waals surface area contributed by atoms with E-state index in [-0.39, 0.29) is 10.2 Å². The van der Waals surface area contributed by atoms with Crippen LogP contribution < -0.4 is 4.74 Å². The van der Waals surface area contributed by atoms with Gasteiger partial charge in [-0.2, -0.15) is 13.2 Å². The maximum atomic E-state index is 13.4. The predicted molar refractivity (Wildman–Crippen MR) is 69.4 cm³/mol. The van der Waals surface area contributed by atoms with Crippen LogP contribution in [0.4, 0.5) is 17.6 Å². The van der Waals surface area contributed by atoms with E-state index < -0.39 is 29.6 Å². The number of alkyl halides is 3. The van der Waals surface area contributed by atoms with Crippen molar-refractivity contribution < 1.29 is 27.1 Å². The molecule has 0 atom stereocenters. The summed E-state index contributed by atoms with van der Waals surface area (Å²) >= 11 is 2.97. The Morgan fingerprint density at radius 3 is 2.30 bits per heavy atom. The molecule has 0 bridgehead atoms. The fourth-order valence-corrected chi connectivity index (χ4v) is 2.17. The van der Waals surface area contributed by atoms with E-state index in [9.17, 15) is 22.4 Å². The fraction of sp³-hybridized carbons (Fsp3) is 0.462. The molecule has 0 heterocycles. The van der Waals surface area contributed by atoms with Gasteiger partial charge in [0, 0.05) is 23.5 Å². The maximum Gasteiger partial charge on any atom is 0.450 e. The van der Waals surface area contributed by atoms with Crippen LogP contribution in [0.2, 0.25) is 0 Å². The van der Waals surface area contributed by atoms with Gasteiger partial charge >= 0.3 is 6.18 Å². The number of carbonyl (C=O) groups excluding carboxylic acids is 1. The number of hydrogen-bond acceptors (Lipinski definition) is 2. The second-order valence-corrected chi connectivity index (χ2v) is 5.80. The molecule has 0 N–H and O–H groups in total. The third-order valence-corrected chi connectivity index (χ3v) is 3.50. The zero-order valence-corrected chi connectivity index (χ0v) is 12.7. The van der Waals surface area contributed by atoms with Crippen LogP contribution in [0.15, 0.2) is 16.6 Å². The predicted octanol–water partition coefficient (Wildman–Crippen LogP) is 4.40. The van der Waals surface area contributed by atoms with Gasteiger partial charge in [-0.1, -0.05) is 13.8 Å². The summed E-state index contributed by atoms with van der Waals surface area (Å²) in [5, 5.41) is 0. The Bertz CT molecular complexity index is 524. The van der Waals surface area contributed by atoms with Gasteiger partial charge in [-0.15, -0.1) is 0 Å². The largest absolute Gasteiger partial charge is 0.496 e. The molecule has 0 unspecified atom stereocenters. The minimum Gasteiger partial charge on any atom is -0.496 e. The monoisotopic (exact) mass is 356 g/mol. The normalized spacial score (nSPS) is 12.4. The van der Waals surface area contributed by atoms with Gasteiger partial charge in [0.15, 0.2) is 0 Å². The van der Waals surface area contributed by atoms with Crippen LogP contribution in [0.5, 0.6) is 5.75 Å². The van der Waals surface area contributed by atoms with Gasteiger partial charge in [-0.05, 0) is 22.0 Å². The molecule has 0 saturated heterocycles. The molecule has 112 valence electrons. The summed E-state index contributed by atoms with van der Waals surface area (Å²) in [4.78, 5) is 11.2. The Balaban J connectivity index is 3.21. The van der Waals surface area contributed by atoms with Gasteiger partial charge < -0.3 is 4.74 Å². The van der Waals surface area contributed by atoms with E-state index in [1.54, 1.807) is 0 Å². The van der Waals surface area contributed by atoms with Gasteiger partial charge in [0.1, 0.15) is 11.6 Å². The third kappa shape index (κ3) is 3.71. The molecule has 0 saturated carbocycles. The number of hydrogen-bond donors (Lipinski definition) is 0. The number of carbonyl (C=O) groups is 1. The van der Waals surface area contributed by atoms with E-state index >= 15 is 0 Å². The first-order chi connectivity index (χ1) is 8.99. The summed E-state index contributed by atoms with van der Waals surface area (Å²) in [6, 6.07) is 2.40. The minimum atomic E-state index is -4.89.